The molecule has 4 unspecified atom stereocenters. The van der Waals surface area contributed by atoms with E-state index in [2.05, 4.69) is 20.8 Å². The van der Waals surface area contributed by atoms with Crippen LogP contribution in [0.1, 0.15) is 33.6 Å². The summed E-state index contributed by atoms with van der Waals surface area (Å²) in [5.74, 6) is 1.30. The fraction of sp³-hybridized carbons (Fsp3) is 1.00. The normalized spacial score (nSPS) is 43.5. The van der Waals surface area contributed by atoms with Gasteiger partial charge in [-0.1, -0.05) is 20.8 Å². The van der Waals surface area contributed by atoms with E-state index in [-0.39, 0.29) is 5.92 Å². The lowest BCUT2D eigenvalue weighted by Crippen LogP contribution is -2.42. The number of aliphatic hydroxyl groups excluding tert-OH is 2. The molecular formula is C10H20O2. The summed E-state index contributed by atoms with van der Waals surface area (Å²) < 4.78 is 0. The third-order valence-electron chi connectivity index (χ3n) is 3.01. The molecule has 0 aromatic heterocycles. The highest BCUT2D eigenvalue weighted by atomic mass is 16.3. The lowest BCUT2D eigenvalue weighted by molar-refractivity contribution is -0.0717. The van der Waals surface area contributed by atoms with Gasteiger partial charge < -0.3 is 10.2 Å². The number of rotatable bonds is 1. The van der Waals surface area contributed by atoms with Crippen molar-refractivity contribution in [3.63, 3.8) is 0 Å². The lowest BCUT2D eigenvalue weighted by atomic mass is 9.73. The van der Waals surface area contributed by atoms with E-state index in [4.69, 9.17) is 0 Å². The van der Waals surface area contributed by atoms with Gasteiger partial charge in [-0.05, 0) is 30.6 Å². The van der Waals surface area contributed by atoms with Crippen molar-refractivity contribution in [1.82, 2.24) is 0 Å². The first kappa shape index (κ1) is 10.0. The summed E-state index contributed by atoms with van der Waals surface area (Å²) in [7, 11) is 0. The maximum atomic E-state index is 9.68. The first-order valence-electron chi connectivity index (χ1n) is 4.88. The van der Waals surface area contributed by atoms with Crippen LogP contribution in [0.5, 0.6) is 0 Å². The van der Waals surface area contributed by atoms with Crippen LogP contribution >= 0.6 is 0 Å². The highest BCUT2D eigenvalue weighted by molar-refractivity contribution is 4.85. The Morgan fingerprint density at radius 3 is 2.25 bits per heavy atom. The Morgan fingerprint density at radius 2 is 1.75 bits per heavy atom. The van der Waals surface area contributed by atoms with Gasteiger partial charge in [0.05, 0.1) is 12.2 Å². The first-order valence-corrected chi connectivity index (χ1v) is 4.88. The molecule has 1 saturated carbocycles. The van der Waals surface area contributed by atoms with E-state index in [1.807, 2.05) is 0 Å². The maximum absolute atomic E-state index is 9.68. The molecule has 1 fully saturated rings. The van der Waals surface area contributed by atoms with E-state index in [1.165, 1.54) is 0 Å². The molecular weight excluding hydrogens is 152 g/mol. The smallest absolute Gasteiger partial charge is 0.0829 e. The summed E-state index contributed by atoms with van der Waals surface area (Å²) in [6, 6.07) is 0. The minimum Gasteiger partial charge on any atom is -0.390 e. The highest BCUT2D eigenvalue weighted by Gasteiger charge is 2.35. The van der Waals surface area contributed by atoms with Crippen LogP contribution in [0.15, 0.2) is 0 Å². The van der Waals surface area contributed by atoms with Gasteiger partial charge >= 0.3 is 0 Å². The summed E-state index contributed by atoms with van der Waals surface area (Å²) in [5.41, 5.74) is 0. The Balaban J connectivity index is 2.60. The second-order valence-electron chi connectivity index (χ2n) is 4.54. The van der Waals surface area contributed by atoms with Gasteiger partial charge in [-0.15, -0.1) is 0 Å². The zero-order valence-corrected chi connectivity index (χ0v) is 8.20. The molecule has 2 heteroatoms. The Hall–Kier alpha value is -0.0800. The number of hydrogen-bond donors (Lipinski definition) is 2. The van der Waals surface area contributed by atoms with Crippen molar-refractivity contribution >= 4 is 0 Å². The van der Waals surface area contributed by atoms with Crippen molar-refractivity contribution in [2.45, 2.75) is 45.8 Å². The van der Waals surface area contributed by atoms with Crippen molar-refractivity contribution in [2.75, 3.05) is 0 Å². The third kappa shape index (κ3) is 1.99. The van der Waals surface area contributed by atoms with Crippen LogP contribution in [-0.4, -0.2) is 22.4 Å². The molecule has 0 saturated heterocycles. The predicted molar refractivity (Wildman–Crippen MR) is 48.7 cm³/mol. The Bertz CT molecular complexity index is 145. The van der Waals surface area contributed by atoms with Crippen LogP contribution in [0.3, 0.4) is 0 Å². The second kappa shape index (κ2) is 3.75. The first-order chi connectivity index (χ1) is 5.52. The molecule has 0 heterocycles. The van der Waals surface area contributed by atoms with Crippen LogP contribution in [0, 0.1) is 17.8 Å². The van der Waals surface area contributed by atoms with Crippen LogP contribution < -0.4 is 0 Å². The predicted octanol–water partition coefficient (Wildman–Crippen LogP) is 1.41. The summed E-state index contributed by atoms with van der Waals surface area (Å²) >= 11 is 0. The maximum Gasteiger partial charge on any atom is 0.0829 e. The van der Waals surface area contributed by atoms with E-state index in [0.29, 0.717) is 11.8 Å². The largest absolute Gasteiger partial charge is 0.390 e. The van der Waals surface area contributed by atoms with E-state index in [9.17, 15) is 10.2 Å². The van der Waals surface area contributed by atoms with Gasteiger partial charge in [-0.25, -0.2) is 0 Å². The molecule has 0 amide bonds. The van der Waals surface area contributed by atoms with Gasteiger partial charge in [0, 0.05) is 0 Å². The van der Waals surface area contributed by atoms with Gasteiger partial charge in [-0.3, -0.25) is 0 Å². The van der Waals surface area contributed by atoms with Gasteiger partial charge in [0.2, 0.25) is 0 Å². The topological polar surface area (TPSA) is 40.5 Å². The van der Waals surface area contributed by atoms with E-state index in [0.717, 1.165) is 12.8 Å². The average Bonchev–Trinajstić information content (AvgIpc) is 1.96. The van der Waals surface area contributed by atoms with Gasteiger partial charge in [0.15, 0.2) is 0 Å². The molecule has 0 bridgehead atoms. The van der Waals surface area contributed by atoms with Crippen molar-refractivity contribution < 1.29 is 10.2 Å². The Kier molecular flexibility index (Phi) is 3.13. The van der Waals surface area contributed by atoms with Gasteiger partial charge in [-0.2, -0.15) is 0 Å². The molecule has 1 aliphatic rings. The number of hydrogen-bond acceptors (Lipinski definition) is 2. The van der Waals surface area contributed by atoms with Gasteiger partial charge in [0.25, 0.3) is 0 Å². The third-order valence-corrected chi connectivity index (χ3v) is 3.01. The Labute approximate surface area is 74.6 Å². The van der Waals surface area contributed by atoms with Gasteiger partial charge in [0.1, 0.15) is 0 Å². The fourth-order valence-electron chi connectivity index (χ4n) is 2.20. The van der Waals surface area contributed by atoms with Crippen LogP contribution in [-0.2, 0) is 0 Å². The Morgan fingerprint density at radius 1 is 1.17 bits per heavy atom. The molecule has 0 radical (unpaired) electrons. The summed E-state index contributed by atoms with van der Waals surface area (Å²) in [6.07, 6.45) is 0.808. The molecule has 0 aliphatic heterocycles. The van der Waals surface area contributed by atoms with E-state index in [1.54, 1.807) is 0 Å². The molecule has 12 heavy (non-hydrogen) atoms. The zero-order valence-electron chi connectivity index (χ0n) is 8.20. The minimum atomic E-state index is -0.499. The molecule has 0 aromatic carbocycles. The summed E-state index contributed by atoms with van der Waals surface area (Å²) in [4.78, 5) is 0. The second-order valence-corrected chi connectivity index (χ2v) is 4.54. The van der Waals surface area contributed by atoms with Crippen molar-refractivity contribution in [3.8, 4) is 0 Å². The molecule has 4 atom stereocenters. The zero-order chi connectivity index (χ0) is 9.30. The van der Waals surface area contributed by atoms with E-state index >= 15 is 0 Å². The average molecular weight is 172 g/mol. The fourth-order valence-corrected chi connectivity index (χ4v) is 2.20. The summed E-state index contributed by atoms with van der Waals surface area (Å²) in [5, 5.41) is 19.2. The molecule has 2 nitrogen and oxygen atoms in total. The molecule has 1 aliphatic carbocycles. The molecule has 2 N–H and O–H groups in total. The van der Waals surface area contributed by atoms with E-state index < -0.39 is 12.2 Å². The monoisotopic (exact) mass is 172 g/mol. The molecule has 0 spiro atoms. The highest BCUT2D eigenvalue weighted by Crippen LogP contribution is 2.33. The van der Waals surface area contributed by atoms with Crippen molar-refractivity contribution in [2.24, 2.45) is 17.8 Å². The molecule has 0 aromatic rings. The van der Waals surface area contributed by atoms with Crippen LogP contribution in [0.25, 0.3) is 0 Å². The van der Waals surface area contributed by atoms with Crippen molar-refractivity contribution in [3.05, 3.63) is 0 Å². The quantitative estimate of drug-likeness (QED) is 0.628. The lowest BCUT2D eigenvalue weighted by Gasteiger charge is -2.37. The minimum absolute atomic E-state index is 0.281. The van der Waals surface area contributed by atoms with Crippen LogP contribution in [0.4, 0.5) is 0 Å². The molecule has 72 valence electrons. The van der Waals surface area contributed by atoms with Crippen LogP contribution in [0.2, 0.25) is 0 Å². The number of aliphatic hydroxyl groups is 2. The van der Waals surface area contributed by atoms with Crippen molar-refractivity contribution in [1.29, 1.82) is 0 Å². The standard InChI is InChI=1S/C10H20O2/c1-6(2)8-4-7(3)5-9(11)10(8)12/h6-12H,4-5H2,1-3H3. The molecule has 1 rings (SSSR count). The SMILES string of the molecule is CC1CC(O)C(O)C(C(C)C)C1. The summed E-state index contributed by atoms with van der Waals surface area (Å²) in [6.45, 7) is 6.36.